The van der Waals surface area contributed by atoms with Crippen molar-refractivity contribution in [1.82, 2.24) is 5.32 Å². The van der Waals surface area contributed by atoms with Crippen LogP contribution in [0.1, 0.15) is 55.4 Å². The van der Waals surface area contributed by atoms with Gasteiger partial charge < -0.3 is 10.4 Å². The zero-order valence-electron chi connectivity index (χ0n) is 22.6. The van der Waals surface area contributed by atoms with E-state index < -0.39 is 29.1 Å². The highest BCUT2D eigenvalue weighted by molar-refractivity contribution is 8.00. The number of carbonyl (C=O) groups is 4. The van der Waals surface area contributed by atoms with Crippen LogP contribution in [0.4, 0.5) is 13.2 Å². The largest absolute Gasteiger partial charge is 0.481 e. The Bertz CT molecular complexity index is 1590. The van der Waals surface area contributed by atoms with Crippen molar-refractivity contribution in [3.63, 3.8) is 0 Å². The first-order chi connectivity index (χ1) is 20.5. The number of hydrogen-bond acceptors (Lipinski definition) is 5. The molecule has 10 heteroatoms. The second kappa shape index (κ2) is 14.0. The number of alkyl halides is 3. The van der Waals surface area contributed by atoms with Crippen LogP contribution >= 0.6 is 11.8 Å². The molecule has 1 unspecified atom stereocenters. The molecule has 1 atom stereocenters. The van der Waals surface area contributed by atoms with Crippen molar-refractivity contribution in [2.75, 3.05) is 6.54 Å². The van der Waals surface area contributed by atoms with E-state index in [2.05, 4.69) is 5.32 Å². The fourth-order valence-electron chi connectivity index (χ4n) is 4.42. The van der Waals surface area contributed by atoms with Crippen molar-refractivity contribution in [2.24, 2.45) is 0 Å². The number of thioether (sulfide) groups is 1. The Morgan fingerprint density at radius 1 is 0.721 bits per heavy atom. The predicted molar refractivity (Wildman–Crippen MR) is 157 cm³/mol. The molecule has 0 aromatic heterocycles. The van der Waals surface area contributed by atoms with Gasteiger partial charge in [0.2, 0.25) is 0 Å². The highest BCUT2D eigenvalue weighted by atomic mass is 32.2. The number of ketones is 2. The Morgan fingerprint density at radius 3 is 1.86 bits per heavy atom. The smallest absolute Gasteiger partial charge is 0.446 e. The van der Waals surface area contributed by atoms with Gasteiger partial charge in [-0.15, -0.1) is 0 Å². The first kappa shape index (κ1) is 31.2. The Kier molecular flexibility index (Phi) is 10.2. The molecule has 4 aromatic carbocycles. The number of halogens is 3. The molecule has 43 heavy (non-hydrogen) atoms. The number of Topliss-reactive ketones (excluding diaryl/α,β-unsaturated/α-hetero) is 2. The molecule has 0 bridgehead atoms. The number of carboxylic acid groups (broad SMARTS) is 1. The van der Waals surface area contributed by atoms with Crippen LogP contribution in [-0.2, 0) is 4.79 Å². The van der Waals surface area contributed by atoms with Crippen molar-refractivity contribution in [1.29, 1.82) is 0 Å². The van der Waals surface area contributed by atoms with E-state index >= 15 is 0 Å². The lowest BCUT2D eigenvalue weighted by Crippen LogP contribution is -2.26. The molecule has 1 amide bonds. The minimum Gasteiger partial charge on any atom is -0.481 e. The predicted octanol–water partition coefficient (Wildman–Crippen LogP) is 7.41. The maximum atomic E-state index is 13.8. The summed E-state index contributed by atoms with van der Waals surface area (Å²) in [5.74, 6) is -3.25. The van der Waals surface area contributed by atoms with Crippen molar-refractivity contribution < 1.29 is 37.5 Å². The number of rotatable bonds is 12. The van der Waals surface area contributed by atoms with Crippen molar-refractivity contribution in [2.45, 2.75) is 29.2 Å². The third-order valence-electron chi connectivity index (χ3n) is 6.59. The van der Waals surface area contributed by atoms with Crippen molar-refractivity contribution in [3.05, 3.63) is 125 Å². The van der Waals surface area contributed by atoms with Crippen LogP contribution in [0, 0.1) is 0 Å². The van der Waals surface area contributed by atoms with Crippen molar-refractivity contribution in [3.8, 4) is 11.1 Å². The number of hydrogen-bond donors (Lipinski definition) is 2. The van der Waals surface area contributed by atoms with Gasteiger partial charge in [-0.25, -0.2) is 0 Å². The summed E-state index contributed by atoms with van der Waals surface area (Å²) in [6.45, 7) is -0.0508. The molecule has 0 saturated carbocycles. The lowest BCUT2D eigenvalue weighted by molar-refractivity contribution is -0.136. The van der Waals surface area contributed by atoms with Gasteiger partial charge in [-0.1, -0.05) is 78.9 Å². The van der Waals surface area contributed by atoms with Gasteiger partial charge in [0.1, 0.15) is 0 Å². The van der Waals surface area contributed by atoms with E-state index in [0.717, 1.165) is 11.1 Å². The molecule has 0 heterocycles. The quantitative estimate of drug-likeness (QED) is 0.129. The third-order valence-corrected chi connectivity index (χ3v) is 7.33. The van der Waals surface area contributed by atoms with E-state index in [1.165, 1.54) is 36.4 Å². The highest BCUT2D eigenvalue weighted by Crippen LogP contribution is 2.37. The maximum Gasteiger partial charge on any atom is 0.446 e. The molecule has 6 nitrogen and oxygen atoms in total. The third kappa shape index (κ3) is 8.89. The van der Waals surface area contributed by atoms with Gasteiger partial charge in [0.05, 0.1) is 12.3 Å². The summed E-state index contributed by atoms with van der Waals surface area (Å²) in [4.78, 5) is 50.1. The number of carbonyl (C=O) groups excluding carboxylic acids is 3. The number of nitrogens with one attached hydrogen (secondary N) is 1. The molecule has 4 rings (SSSR count). The van der Waals surface area contributed by atoms with E-state index in [1.54, 1.807) is 24.3 Å². The molecule has 2 N–H and O–H groups in total. The summed E-state index contributed by atoms with van der Waals surface area (Å²) >= 11 is -0.284. The molecule has 0 radical (unpaired) electrons. The summed E-state index contributed by atoms with van der Waals surface area (Å²) < 4.78 is 38.1. The Balaban J connectivity index is 1.58. The van der Waals surface area contributed by atoms with E-state index in [1.807, 2.05) is 42.5 Å². The van der Waals surface area contributed by atoms with E-state index in [-0.39, 0.29) is 53.0 Å². The van der Waals surface area contributed by atoms with Gasteiger partial charge in [0, 0.05) is 34.6 Å². The molecule has 0 fully saturated rings. The number of aliphatic carboxylic acids is 1. The second-order valence-electron chi connectivity index (χ2n) is 9.58. The van der Waals surface area contributed by atoms with Gasteiger partial charge >= 0.3 is 11.5 Å². The zero-order chi connectivity index (χ0) is 31.0. The van der Waals surface area contributed by atoms with Crippen LogP contribution < -0.4 is 5.32 Å². The van der Waals surface area contributed by atoms with E-state index in [9.17, 15) is 32.3 Å². The molecule has 4 aromatic rings. The lowest BCUT2D eigenvalue weighted by atomic mass is 9.84. The van der Waals surface area contributed by atoms with Gasteiger partial charge in [-0.2, -0.15) is 13.2 Å². The summed E-state index contributed by atoms with van der Waals surface area (Å²) in [6.07, 6.45) is -0.489. The van der Waals surface area contributed by atoms with E-state index in [4.69, 9.17) is 5.11 Å². The van der Waals surface area contributed by atoms with E-state index in [0.29, 0.717) is 11.1 Å². The molecule has 0 aliphatic carbocycles. The molecule has 0 saturated heterocycles. The molecule has 0 spiro atoms. The molecular formula is C33H26F3NO5S. The second-order valence-corrected chi connectivity index (χ2v) is 10.7. The average molecular weight is 606 g/mol. The van der Waals surface area contributed by atoms with Crippen LogP contribution in [0.5, 0.6) is 0 Å². The minimum absolute atomic E-state index is 0.0508. The van der Waals surface area contributed by atoms with Gasteiger partial charge in [0.15, 0.2) is 11.6 Å². The average Bonchev–Trinajstić information content (AvgIpc) is 2.99. The van der Waals surface area contributed by atoms with Gasteiger partial charge in [0.25, 0.3) is 5.91 Å². The number of amides is 1. The molecule has 0 aliphatic heterocycles. The fraction of sp³-hybridized carbons (Fsp3) is 0.152. The number of carboxylic acids is 1. The normalized spacial score (nSPS) is 11.9. The first-order valence-corrected chi connectivity index (χ1v) is 14.0. The SMILES string of the molecule is O=C(O)CCNC(=O)c1ccc(C(CC(=O)c2ccc(SC(F)(F)F)cc2)C(=O)c2ccc(-c3ccccc3)cc2)cc1. The summed E-state index contributed by atoms with van der Waals surface area (Å²) in [7, 11) is 0. The summed E-state index contributed by atoms with van der Waals surface area (Å²) in [6, 6.07) is 27.7. The van der Waals surface area contributed by atoms with Gasteiger partial charge in [-0.05, 0) is 52.7 Å². The summed E-state index contributed by atoms with van der Waals surface area (Å²) in [5.41, 5.74) is -1.34. The standard InChI is InChI=1S/C33H26F3NO5S/c34-33(35,36)43-27-16-14-24(15-17-27)29(38)20-28(23-8-12-26(13-9-23)32(42)37-19-18-30(39)40)31(41)25-10-6-22(7-11-25)21-4-2-1-3-5-21/h1-17,28H,18-20H2,(H,37,42)(H,39,40). The zero-order valence-corrected chi connectivity index (χ0v) is 23.5. The van der Waals surface area contributed by atoms with Crippen LogP contribution in [-0.4, -0.2) is 40.6 Å². The Hall–Kier alpha value is -4.70. The first-order valence-electron chi connectivity index (χ1n) is 13.2. The van der Waals surface area contributed by atoms with Crippen LogP contribution in [0.15, 0.2) is 108 Å². The Morgan fingerprint density at radius 2 is 1.28 bits per heavy atom. The highest BCUT2D eigenvalue weighted by Gasteiger charge is 2.30. The molecule has 220 valence electrons. The fourth-order valence-corrected chi connectivity index (χ4v) is 4.96. The molecule has 0 aliphatic rings. The van der Waals surface area contributed by atoms with Crippen LogP contribution in [0.25, 0.3) is 11.1 Å². The summed E-state index contributed by atoms with van der Waals surface area (Å²) in [5, 5.41) is 11.3. The lowest BCUT2D eigenvalue weighted by Gasteiger charge is -2.17. The monoisotopic (exact) mass is 605 g/mol. The molecular weight excluding hydrogens is 579 g/mol. The van der Waals surface area contributed by atoms with Gasteiger partial charge in [-0.3, -0.25) is 19.2 Å². The van der Waals surface area contributed by atoms with Crippen LogP contribution in [0.3, 0.4) is 0 Å². The topological polar surface area (TPSA) is 101 Å². The minimum atomic E-state index is -4.46. The Labute approximate surface area is 249 Å². The van der Waals surface area contributed by atoms with Crippen molar-refractivity contribution >= 4 is 35.2 Å². The number of benzene rings is 4. The van der Waals surface area contributed by atoms with Crippen LogP contribution in [0.2, 0.25) is 0 Å². The maximum absolute atomic E-state index is 13.8.